The summed E-state index contributed by atoms with van der Waals surface area (Å²) in [6.07, 6.45) is 8.76. The standard InChI is InChI=1S/C13H21N3/c1-2-4-13(5-6-13)9-16-10-15-11-8-14-7-3-12(11)16/h10,14H,2-9H2,1H3. The van der Waals surface area contributed by atoms with Gasteiger partial charge in [-0.3, -0.25) is 0 Å². The molecule has 0 unspecified atom stereocenters. The van der Waals surface area contributed by atoms with E-state index in [1.165, 1.54) is 43.6 Å². The van der Waals surface area contributed by atoms with Gasteiger partial charge in [-0.25, -0.2) is 4.98 Å². The van der Waals surface area contributed by atoms with Gasteiger partial charge in [0.05, 0.1) is 12.0 Å². The molecule has 0 spiro atoms. The van der Waals surface area contributed by atoms with Crippen LogP contribution in [-0.2, 0) is 19.5 Å². The van der Waals surface area contributed by atoms with Crippen LogP contribution in [0.2, 0.25) is 0 Å². The van der Waals surface area contributed by atoms with E-state index >= 15 is 0 Å². The second-order valence-corrected chi connectivity index (χ2v) is 5.44. The second-order valence-electron chi connectivity index (χ2n) is 5.44. The first kappa shape index (κ1) is 10.3. The van der Waals surface area contributed by atoms with Gasteiger partial charge >= 0.3 is 0 Å². The van der Waals surface area contributed by atoms with Crippen LogP contribution in [0, 0.1) is 5.41 Å². The van der Waals surface area contributed by atoms with Crippen molar-refractivity contribution in [2.45, 2.75) is 52.1 Å². The van der Waals surface area contributed by atoms with Gasteiger partial charge in [-0.05, 0) is 24.7 Å². The Hall–Kier alpha value is -0.830. The molecule has 1 aromatic rings. The summed E-state index contributed by atoms with van der Waals surface area (Å²) in [5, 5.41) is 3.38. The second kappa shape index (κ2) is 3.88. The van der Waals surface area contributed by atoms with E-state index in [1.54, 1.807) is 0 Å². The average Bonchev–Trinajstić information content (AvgIpc) is 2.93. The molecule has 3 rings (SSSR count). The van der Waals surface area contributed by atoms with Crippen molar-refractivity contribution >= 4 is 0 Å². The highest BCUT2D eigenvalue weighted by Gasteiger charge is 2.42. The summed E-state index contributed by atoms with van der Waals surface area (Å²) in [5.74, 6) is 0. The zero-order valence-electron chi connectivity index (χ0n) is 10.1. The maximum atomic E-state index is 4.53. The van der Waals surface area contributed by atoms with Crippen LogP contribution in [0.5, 0.6) is 0 Å². The molecule has 1 aliphatic heterocycles. The van der Waals surface area contributed by atoms with Crippen LogP contribution in [-0.4, -0.2) is 16.1 Å². The van der Waals surface area contributed by atoms with Gasteiger partial charge in [0, 0.05) is 31.7 Å². The SMILES string of the molecule is CCCC1(Cn2cnc3c2CCNC3)CC1. The highest BCUT2D eigenvalue weighted by atomic mass is 15.1. The minimum Gasteiger partial charge on any atom is -0.334 e. The topological polar surface area (TPSA) is 29.9 Å². The molecule has 1 fully saturated rings. The van der Waals surface area contributed by atoms with Crippen LogP contribution in [0.15, 0.2) is 6.33 Å². The molecule has 1 saturated carbocycles. The number of rotatable bonds is 4. The fourth-order valence-electron chi connectivity index (χ4n) is 2.99. The van der Waals surface area contributed by atoms with Crippen LogP contribution < -0.4 is 5.32 Å². The zero-order chi connectivity index (χ0) is 11.0. The van der Waals surface area contributed by atoms with Gasteiger partial charge < -0.3 is 9.88 Å². The lowest BCUT2D eigenvalue weighted by atomic mass is 10.0. The van der Waals surface area contributed by atoms with E-state index in [2.05, 4.69) is 28.1 Å². The van der Waals surface area contributed by atoms with E-state index in [1.807, 2.05) is 0 Å². The van der Waals surface area contributed by atoms with E-state index in [0.29, 0.717) is 5.41 Å². The number of nitrogens with one attached hydrogen (secondary N) is 1. The van der Waals surface area contributed by atoms with Crippen LogP contribution in [0.1, 0.15) is 44.0 Å². The van der Waals surface area contributed by atoms with Gasteiger partial charge in [-0.2, -0.15) is 0 Å². The molecule has 0 bridgehead atoms. The maximum absolute atomic E-state index is 4.53. The van der Waals surface area contributed by atoms with E-state index in [4.69, 9.17) is 0 Å². The third-order valence-corrected chi connectivity index (χ3v) is 4.11. The van der Waals surface area contributed by atoms with Gasteiger partial charge in [-0.15, -0.1) is 0 Å². The molecule has 0 radical (unpaired) electrons. The van der Waals surface area contributed by atoms with Gasteiger partial charge in [0.2, 0.25) is 0 Å². The molecule has 88 valence electrons. The molecular weight excluding hydrogens is 198 g/mol. The van der Waals surface area contributed by atoms with E-state index in [0.717, 1.165) is 19.5 Å². The van der Waals surface area contributed by atoms with Crippen molar-refractivity contribution in [2.75, 3.05) is 6.54 Å². The highest BCUT2D eigenvalue weighted by Crippen LogP contribution is 2.51. The number of fused-ring (bicyclic) bond motifs is 1. The monoisotopic (exact) mass is 219 g/mol. The first-order valence-electron chi connectivity index (χ1n) is 6.57. The summed E-state index contributed by atoms with van der Waals surface area (Å²) in [4.78, 5) is 4.53. The fraction of sp³-hybridized carbons (Fsp3) is 0.769. The average molecular weight is 219 g/mol. The summed E-state index contributed by atoms with van der Waals surface area (Å²) in [7, 11) is 0. The Balaban J connectivity index is 1.77. The number of aromatic nitrogens is 2. The molecule has 0 amide bonds. The van der Waals surface area contributed by atoms with Crippen LogP contribution in [0.4, 0.5) is 0 Å². The predicted molar refractivity (Wildman–Crippen MR) is 64.2 cm³/mol. The summed E-state index contributed by atoms with van der Waals surface area (Å²) >= 11 is 0. The van der Waals surface area contributed by atoms with E-state index < -0.39 is 0 Å². The Bertz CT molecular complexity index is 377. The van der Waals surface area contributed by atoms with Crippen molar-refractivity contribution in [1.29, 1.82) is 0 Å². The number of imidazole rings is 1. The number of hydrogen-bond donors (Lipinski definition) is 1. The molecule has 3 nitrogen and oxygen atoms in total. The molecule has 1 N–H and O–H groups in total. The maximum Gasteiger partial charge on any atom is 0.0952 e. The van der Waals surface area contributed by atoms with Crippen LogP contribution in [0.25, 0.3) is 0 Å². The summed E-state index contributed by atoms with van der Waals surface area (Å²) in [6, 6.07) is 0. The molecule has 0 aromatic carbocycles. The molecule has 2 aliphatic rings. The van der Waals surface area contributed by atoms with Crippen LogP contribution >= 0.6 is 0 Å². The minimum absolute atomic E-state index is 0.633. The zero-order valence-corrected chi connectivity index (χ0v) is 10.1. The fourth-order valence-corrected chi connectivity index (χ4v) is 2.99. The Labute approximate surface area is 97.3 Å². The third kappa shape index (κ3) is 1.77. The van der Waals surface area contributed by atoms with E-state index in [9.17, 15) is 0 Å². The van der Waals surface area contributed by atoms with Gasteiger partial charge in [0.1, 0.15) is 0 Å². The smallest absolute Gasteiger partial charge is 0.0952 e. The van der Waals surface area contributed by atoms with Crippen molar-refractivity contribution in [3.8, 4) is 0 Å². The molecular formula is C13H21N3. The molecule has 1 aliphatic carbocycles. The lowest BCUT2D eigenvalue weighted by Crippen LogP contribution is -2.26. The van der Waals surface area contributed by atoms with Crippen molar-refractivity contribution in [1.82, 2.24) is 14.9 Å². The third-order valence-electron chi connectivity index (χ3n) is 4.11. The van der Waals surface area contributed by atoms with Crippen molar-refractivity contribution in [3.63, 3.8) is 0 Å². The predicted octanol–water partition coefficient (Wildman–Crippen LogP) is 2.11. The first-order chi connectivity index (χ1) is 7.83. The molecule has 0 saturated heterocycles. The molecule has 3 heteroatoms. The Morgan fingerprint density at radius 2 is 2.38 bits per heavy atom. The summed E-state index contributed by atoms with van der Waals surface area (Å²) < 4.78 is 2.43. The number of hydrogen-bond acceptors (Lipinski definition) is 2. The number of nitrogens with zero attached hydrogens (tertiary/aromatic N) is 2. The van der Waals surface area contributed by atoms with E-state index in [-0.39, 0.29) is 0 Å². The van der Waals surface area contributed by atoms with Crippen molar-refractivity contribution in [3.05, 3.63) is 17.7 Å². The summed E-state index contributed by atoms with van der Waals surface area (Å²) in [5.41, 5.74) is 3.40. The van der Waals surface area contributed by atoms with Crippen molar-refractivity contribution in [2.24, 2.45) is 5.41 Å². The molecule has 16 heavy (non-hydrogen) atoms. The molecule has 2 heterocycles. The highest BCUT2D eigenvalue weighted by molar-refractivity contribution is 5.17. The lowest BCUT2D eigenvalue weighted by Gasteiger charge is -2.19. The molecule has 0 atom stereocenters. The minimum atomic E-state index is 0.633. The lowest BCUT2D eigenvalue weighted by molar-refractivity contribution is 0.380. The van der Waals surface area contributed by atoms with Crippen molar-refractivity contribution < 1.29 is 0 Å². The normalized spacial score (nSPS) is 21.8. The quantitative estimate of drug-likeness (QED) is 0.840. The Morgan fingerprint density at radius 1 is 1.50 bits per heavy atom. The van der Waals surface area contributed by atoms with Gasteiger partial charge in [-0.1, -0.05) is 13.3 Å². The van der Waals surface area contributed by atoms with Crippen LogP contribution in [0.3, 0.4) is 0 Å². The largest absolute Gasteiger partial charge is 0.334 e. The molecule has 1 aromatic heterocycles. The van der Waals surface area contributed by atoms with Gasteiger partial charge in [0.25, 0.3) is 0 Å². The Morgan fingerprint density at radius 3 is 3.12 bits per heavy atom. The summed E-state index contributed by atoms with van der Waals surface area (Å²) in [6.45, 7) is 5.58. The van der Waals surface area contributed by atoms with Gasteiger partial charge in [0.15, 0.2) is 0 Å². The Kier molecular flexibility index (Phi) is 2.51. The first-order valence-corrected chi connectivity index (χ1v) is 6.57.